The Balaban J connectivity index is 1.03. The average Bonchev–Trinajstić information content (AvgIpc) is 3.70. The number of nitrogens with zero attached hydrogens (tertiary/aromatic N) is 4. The second-order valence-electron chi connectivity index (χ2n) is 12.9. The van der Waals surface area contributed by atoms with Gasteiger partial charge in [-0.2, -0.15) is 0 Å². The Hall–Kier alpha value is -2.61. The van der Waals surface area contributed by atoms with Gasteiger partial charge in [0.15, 0.2) is 0 Å². The van der Waals surface area contributed by atoms with Crippen LogP contribution >= 0.6 is 0 Å². The summed E-state index contributed by atoms with van der Waals surface area (Å²) in [5, 5.41) is 14.2. The number of ether oxygens (including phenoxy) is 8. The summed E-state index contributed by atoms with van der Waals surface area (Å²) in [6.45, 7) is 12.2. The van der Waals surface area contributed by atoms with Crippen LogP contribution in [0, 0.1) is 17.8 Å². The number of amides is 3. The molecule has 1 aliphatic heterocycles. The van der Waals surface area contributed by atoms with E-state index in [1.54, 1.807) is 17.8 Å². The number of likely N-dealkylation sites (N-methyl/N-ethyl adjacent to an activating group) is 1. The molecule has 52 heavy (non-hydrogen) atoms. The molecule has 3 rings (SSSR count). The number of hydrogen-bond acceptors (Lipinski definition) is 14. The van der Waals surface area contributed by atoms with Crippen molar-refractivity contribution in [2.75, 3.05) is 126 Å². The Labute approximate surface area is 308 Å². The van der Waals surface area contributed by atoms with Gasteiger partial charge in [-0.3, -0.25) is 19.3 Å². The maximum Gasteiger partial charge on any atom is 0.232 e. The summed E-state index contributed by atoms with van der Waals surface area (Å²) in [4.78, 5) is 38.5. The molecule has 1 saturated carbocycles. The summed E-state index contributed by atoms with van der Waals surface area (Å²) in [6, 6.07) is 0. The third-order valence-corrected chi connectivity index (χ3v) is 8.72. The van der Waals surface area contributed by atoms with Crippen molar-refractivity contribution < 1.29 is 52.3 Å². The third kappa shape index (κ3) is 18.9. The molecule has 2 fully saturated rings. The first-order valence-corrected chi connectivity index (χ1v) is 18.7. The lowest BCUT2D eigenvalue weighted by atomic mass is 9.81. The fraction of sp³-hybridized carbons (Fsp3) is 0.857. The summed E-state index contributed by atoms with van der Waals surface area (Å²) < 4.78 is 45.6. The first-order chi connectivity index (χ1) is 25.5. The molecule has 1 atom stereocenters. The topological polar surface area (TPSA) is 183 Å². The summed E-state index contributed by atoms with van der Waals surface area (Å²) in [7, 11) is 1.89. The average molecular weight is 743 g/mol. The van der Waals surface area contributed by atoms with Gasteiger partial charge >= 0.3 is 0 Å². The van der Waals surface area contributed by atoms with Crippen LogP contribution in [0.3, 0.4) is 0 Å². The van der Waals surface area contributed by atoms with Crippen LogP contribution in [0.15, 0.2) is 6.20 Å². The molecule has 17 heteroatoms. The van der Waals surface area contributed by atoms with Crippen molar-refractivity contribution in [3.63, 3.8) is 0 Å². The second-order valence-corrected chi connectivity index (χ2v) is 12.9. The van der Waals surface area contributed by atoms with E-state index in [-0.39, 0.29) is 35.5 Å². The zero-order valence-electron chi connectivity index (χ0n) is 31.3. The van der Waals surface area contributed by atoms with E-state index < -0.39 is 0 Å². The lowest BCUT2D eigenvalue weighted by molar-refractivity contribution is -0.140. The Bertz CT molecular complexity index is 1110. The molecule has 2 N–H and O–H groups in total. The quantitative estimate of drug-likeness (QED) is 0.0767. The van der Waals surface area contributed by atoms with Gasteiger partial charge in [0.2, 0.25) is 17.7 Å². The Morgan fingerprint density at radius 2 is 1.21 bits per heavy atom. The van der Waals surface area contributed by atoms with Gasteiger partial charge in [-0.05, 0) is 38.6 Å². The van der Waals surface area contributed by atoms with Crippen LogP contribution in [-0.2, 0) is 65.4 Å². The number of likely N-dealkylation sites (tertiary alicyclic amines) is 1. The van der Waals surface area contributed by atoms with Crippen molar-refractivity contribution in [2.45, 2.75) is 52.1 Å². The van der Waals surface area contributed by atoms with E-state index in [1.807, 2.05) is 7.05 Å². The first-order valence-electron chi connectivity index (χ1n) is 18.7. The maximum absolute atomic E-state index is 12.7. The van der Waals surface area contributed by atoms with E-state index in [0.29, 0.717) is 137 Å². The summed E-state index contributed by atoms with van der Waals surface area (Å²) >= 11 is 0. The SMILES string of the molecule is CNCCOCCOCCOCCOCCOCCOCCOCCOCCn1cc(CNC(=O)C2CCC(CN3C(=O)CC(C)C3=O)CC2)nn1. The first kappa shape index (κ1) is 43.8. The Kier molecular flexibility index (Phi) is 23.5. The van der Waals surface area contributed by atoms with Crippen LogP contribution in [0.2, 0.25) is 0 Å². The lowest BCUT2D eigenvalue weighted by Gasteiger charge is -2.30. The summed E-state index contributed by atoms with van der Waals surface area (Å²) in [5.74, 6) is -0.156. The molecule has 1 aliphatic carbocycles. The number of carbonyl (C=O) groups is 3. The minimum atomic E-state index is -0.216. The van der Waals surface area contributed by atoms with Crippen molar-refractivity contribution in [2.24, 2.45) is 17.8 Å². The highest BCUT2D eigenvalue weighted by Crippen LogP contribution is 2.31. The fourth-order valence-electron chi connectivity index (χ4n) is 5.73. The number of imide groups is 1. The van der Waals surface area contributed by atoms with E-state index in [0.717, 1.165) is 32.2 Å². The van der Waals surface area contributed by atoms with Crippen LogP contribution in [-0.4, -0.2) is 163 Å². The van der Waals surface area contributed by atoms with Crippen LogP contribution < -0.4 is 10.6 Å². The van der Waals surface area contributed by atoms with Crippen LogP contribution in [0.4, 0.5) is 0 Å². The summed E-state index contributed by atoms with van der Waals surface area (Å²) in [6.07, 6.45) is 5.27. The van der Waals surface area contributed by atoms with Crippen molar-refractivity contribution in [3.05, 3.63) is 11.9 Å². The normalized spacial score (nSPS) is 19.2. The maximum atomic E-state index is 12.7. The molecule has 2 aliphatic rings. The van der Waals surface area contributed by atoms with Gasteiger partial charge in [-0.25, -0.2) is 4.68 Å². The molecular formula is C35H62N6O11. The minimum absolute atomic E-state index is 0.00687. The van der Waals surface area contributed by atoms with Gasteiger partial charge in [0, 0.05) is 31.3 Å². The fourth-order valence-corrected chi connectivity index (χ4v) is 5.73. The molecule has 0 spiro atoms. The lowest BCUT2D eigenvalue weighted by Crippen LogP contribution is -2.38. The molecular weight excluding hydrogens is 680 g/mol. The van der Waals surface area contributed by atoms with Gasteiger partial charge in [0.25, 0.3) is 0 Å². The molecule has 17 nitrogen and oxygen atoms in total. The Morgan fingerprint density at radius 3 is 1.67 bits per heavy atom. The van der Waals surface area contributed by atoms with E-state index in [4.69, 9.17) is 37.9 Å². The monoisotopic (exact) mass is 742 g/mol. The van der Waals surface area contributed by atoms with Crippen LogP contribution in [0.5, 0.6) is 0 Å². The zero-order chi connectivity index (χ0) is 37.1. The molecule has 0 bridgehead atoms. The molecule has 1 aromatic heterocycles. The van der Waals surface area contributed by atoms with Gasteiger partial charge in [-0.1, -0.05) is 12.1 Å². The molecule has 0 radical (unpaired) electrons. The zero-order valence-corrected chi connectivity index (χ0v) is 31.3. The number of carbonyl (C=O) groups excluding carboxylic acids is 3. The number of aromatic nitrogens is 3. The number of rotatable bonds is 32. The predicted molar refractivity (Wildman–Crippen MR) is 188 cm³/mol. The van der Waals surface area contributed by atoms with Gasteiger partial charge in [-0.15, -0.1) is 5.10 Å². The Morgan fingerprint density at radius 1 is 0.731 bits per heavy atom. The predicted octanol–water partition coefficient (Wildman–Crippen LogP) is 0.448. The van der Waals surface area contributed by atoms with Crippen molar-refractivity contribution in [1.82, 2.24) is 30.5 Å². The van der Waals surface area contributed by atoms with Gasteiger partial charge in [0.05, 0.1) is 125 Å². The largest absolute Gasteiger partial charge is 0.378 e. The molecule has 0 aromatic carbocycles. The van der Waals surface area contributed by atoms with Gasteiger partial charge in [0.1, 0.15) is 5.69 Å². The number of hydrogen-bond donors (Lipinski definition) is 2. The van der Waals surface area contributed by atoms with E-state index >= 15 is 0 Å². The molecule has 298 valence electrons. The van der Waals surface area contributed by atoms with E-state index in [9.17, 15) is 14.4 Å². The minimum Gasteiger partial charge on any atom is -0.378 e. The van der Waals surface area contributed by atoms with Crippen molar-refractivity contribution >= 4 is 17.7 Å². The van der Waals surface area contributed by atoms with Gasteiger partial charge < -0.3 is 48.5 Å². The van der Waals surface area contributed by atoms with Crippen LogP contribution in [0.25, 0.3) is 0 Å². The highest BCUT2D eigenvalue weighted by Gasteiger charge is 2.37. The molecule has 2 heterocycles. The molecule has 3 amide bonds. The highest BCUT2D eigenvalue weighted by molar-refractivity contribution is 6.03. The van der Waals surface area contributed by atoms with Crippen LogP contribution in [0.1, 0.15) is 44.7 Å². The van der Waals surface area contributed by atoms with Crippen molar-refractivity contribution in [1.29, 1.82) is 0 Å². The molecule has 1 saturated heterocycles. The highest BCUT2D eigenvalue weighted by atomic mass is 16.6. The molecule has 1 aromatic rings. The third-order valence-electron chi connectivity index (χ3n) is 8.72. The molecule has 1 unspecified atom stereocenters. The standard InChI is InChI=1S/C35H62N6O11/c1-29-25-33(42)41(35(29)44)27-30-3-5-31(6-4-30)34(43)37-26-32-28-40(39-38-32)8-10-46-12-14-48-16-18-50-20-22-52-24-23-51-21-19-49-17-15-47-13-11-45-9-7-36-2/h28-31,36H,3-27H2,1-2H3,(H,37,43). The smallest absolute Gasteiger partial charge is 0.232 e. The van der Waals surface area contributed by atoms with Crippen molar-refractivity contribution in [3.8, 4) is 0 Å². The van der Waals surface area contributed by atoms with E-state index in [2.05, 4.69) is 20.9 Å². The second kappa shape index (κ2) is 27.9. The summed E-state index contributed by atoms with van der Waals surface area (Å²) in [5.41, 5.74) is 0.682. The number of nitrogens with one attached hydrogen (secondary N) is 2. The van der Waals surface area contributed by atoms with E-state index in [1.165, 1.54) is 4.90 Å².